The number of fused-ring (bicyclic) bond motifs is 2. The van der Waals surface area contributed by atoms with Crippen LogP contribution < -0.4 is 10.6 Å². The molecule has 3 aliphatic heterocycles. The maximum atomic E-state index is 14.0. The van der Waals surface area contributed by atoms with Crippen LogP contribution in [0, 0.1) is 23.7 Å². The molecule has 0 saturated carbocycles. The number of nitrogens with one attached hydrogen (secondary N) is 4. The second-order valence-corrected chi connectivity index (χ2v) is 16.3. The van der Waals surface area contributed by atoms with Crippen molar-refractivity contribution in [2.45, 2.75) is 76.5 Å². The van der Waals surface area contributed by atoms with Crippen molar-refractivity contribution in [2.75, 3.05) is 40.5 Å². The third kappa shape index (κ3) is 8.90. The van der Waals surface area contributed by atoms with Crippen LogP contribution in [0.2, 0.25) is 0 Å². The predicted octanol–water partition coefficient (Wildman–Crippen LogP) is 6.36. The Morgan fingerprint density at radius 3 is 1.87 bits per heavy atom. The van der Waals surface area contributed by atoms with E-state index >= 15 is 0 Å². The van der Waals surface area contributed by atoms with Crippen LogP contribution >= 0.6 is 0 Å². The number of methoxy groups -OCH3 is 2. The Morgan fingerprint density at radius 2 is 1.25 bits per heavy atom. The minimum Gasteiger partial charge on any atom is -0.453 e. The average molecular weight is 829 g/mol. The Balaban J connectivity index is 0.941. The molecule has 3 fully saturated rings. The van der Waals surface area contributed by atoms with Crippen molar-refractivity contribution in [2.24, 2.45) is 11.8 Å². The molecule has 3 saturated heterocycles. The van der Waals surface area contributed by atoms with E-state index in [1.54, 1.807) is 4.90 Å². The molecule has 8 rings (SSSR count). The summed E-state index contributed by atoms with van der Waals surface area (Å²) in [6, 6.07) is 18.2. The first-order chi connectivity index (χ1) is 29.6. The summed E-state index contributed by atoms with van der Waals surface area (Å²) in [5.41, 5.74) is 7.07. The van der Waals surface area contributed by atoms with E-state index in [1.807, 2.05) is 73.3 Å². The molecule has 0 spiro atoms. The Kier molecular flexibility index (Phi) is 12.2. The number of carbonyl (C=O) groups is 4. The lowest BCUT2D eigenvalue weighted by molar-refractivity contribution is -0.137. The van der Waals surface area contributed by atoms with E-state index < -0.39 is 24.3 Å². The van der Waals surface area contributed by atoms with Gasteiger partial charge in [0.1, 0.15) is 23.7 Å². The highest BCUT2D eigenvalue weighted by atomic mass is 16.5. The van der Waals surface area contributed by atoms with E-state index in [1.165, 1.54) is 14.2 Å². The van der Waals surface area contributed by atoms with E-state index in [4.69, 9.17) is 24.2 Å². The van der Waals surface area contributed by atoms with Crippen molar-refractivity contribution < 1.29 is 33.4 Å². The Labute approximate surface area is 354 Å². The minimum absolute atomic E-state index is 0.0318. The number of imidazole rings is 2. The van der Waals surface area contributed by atoms with Crippen LogP contribution in [0.3, 0.4) is 0 Å². The Hall–Kier alpha value is -6.40. The van der Waals surface area contributed by atoms with Gasteiger partial charge < -0.3 is 44.6 Å². The van der Waals surface area contributed by atoms with E-state index in [2.05, 4.69) is 38.5 Å². The highest BCUT2D eigenvalue weighted by molar-refractivity contribution is 5.88. The SMILES string of the molecule is COC(=O)N[C@H](C(=O)N1CCC[C@H]1c1nc2ccc(C#Cc3ccc(-c4ccc5nc([C@@H]6CCCN6C(=O)[C@@H](NC(=O)OC)C6CCOCC6)[nH]c5c4)cc3)cc2[nH]1)C(C)C. The number of hydrogen-bond acceptors (Lipinski definition) is 9. The van der Waals surface area contributed by atoms with Gasteiger partial charge in [-0.15, -0.1) is 0 Å². The van der Waals surface area contributed by atoms with Gasteiger partial charge in [-0.2, -0.15) is 0 Å². The molecular formula is C46H52N8O7. The van der Waals surface area contributed by atoms with Gasteiger partial charge in [0.15, 0.2) is 0 Å². The summed E-state index contributed by atoms with van der Waals surface area (Å²) in [4.78, 5) is 72.2. The van der Waals surface area contributed by atoms with Gasteiger partial charge in [0, 0.05) is 37.4 Å². The lowest BCUT2D eigenvalue weighted by Gasteiger charge is -2.34. The van der Waals surface area contributed by atoms with Gasteiger partial charge in [-0.25, -0.2) is 19.6 Å². The molecule has 15 heteroatoms. The van der Waals surface area contributed by atoms with Crippen molar-refractivity contribution in [3.05, 3.63) is 83.4 Å². The second-order valence-electron chi connectivity index (χ2n) is 16.3. The third-order valence-electron chi connectivity index (χ3n) is 12.1. The monoisotopic (exact) mass is 828 g/mol. The molecular weight excluding hydrogens is 777 g/mol. The van der Waals surface area contributed by atoms with Crippen LogP contribution in [-0.2, 0) is 23.8 Å². The summed E-state index contributed by atoms with van der Waals surface area (Å²) in [6.45, 7) is 6.08. The first-order valence-corrected chi connectivity index (χ1v) is 21.1. The van der Waals surface area contributed by atoms with Crippen molar-refractivity contribution in [3.8, 4) is 23.0 Å². The molecule has 0 bridgehead atoms. The quantitative estimate of drug-likeness (QED) is 0.123. The zero-order valence-corrected chi connectivity index (χ0v) is 35.0. The molecule has 61 heavy (non-hydrogen) atoms. The number of hydrogen-bond donors (Lipinski definition) is 4. The average Bonchev–Trinajstić information content (AvgIpc) is 4.12. The number of nitrogens with zero attached hydrogens (tertiary/aromatic N) is 4. The van der Waals surface area contributed by atoms with Crippen molar-refractivity contribution in [1.29, 1.82) is 0 Å². The molecule has 318 valence electrons. The third-order valence-corrected chi connectivity index (χ3v) is 12.1. The number of aromatic nitrogens is 4. The number of aromatic amines is 2. The van der Waals surface area contributed by atoms with Crippen LogP contribution in [0.25, 0.3) is 33.2 Å². The number of benzene rings is 3. The molecule has 0 radical (unpaired) electrons. The van der Waals surface area contributed by atoms with E-state index in [0.29, 0.717) is 45.0 Å². The van der Waals surface area contributed by atoms with Crippen LogP contribution in [0.5, 0.6) is 0 Å². The summed E-state index contributed by atoms with van der Waals surface area (Å²) in [5.74, 6) is 7.61. The lowest BCUT2D eigenvalue weighted by atomic mass is 9.90. The molecule has 0 aliphatic carbocycles. The summed E-state index contributed by atoms with van der Waals surface area (Å²) >= 11 is 0. The first kappa shape index (κ1) is 41.3. The molecule has 5 heterocycles. The standard InChI is InChI=1S/C46H52N8O7/c1-27(2)39(51-45(57)59-3)43(55)53-21-5-7-37(53)41-47-33-17-13-29(25-35(33)49-41)10-9-28-11-14-30(15-12-28)32-16-18-34-36(26-32)50-42(48-34)38-8-6-22-54(38)44(56)40(52-46(58)60-4)31-19-23-61-24-20-31/h11-18,25-27,31,37-40H,5-8,19-24H2,1-4H3,(H,47,49)(H,48,50)(H,51,57)(H,52,58)/t37-,38-,39-,40-/m0/s1. The zero-order valence-electron chi connectivity index (χ0n) is 35.0. The van der Waals surface area contributed by atoms with Crippen molar-refractivity contribution in [1.82, 2.24) is 40.4 Å². The van der Waals surface area contributed by atoms with Gasteiger partial charge in [0.05, 0.1) is 48.4 Å². The van der Waals surface area contributed by atoms with Gasteiger partial charge in [-0.05, 0) is 104 Å². The number of ether oxygens (including phenoxy) is 3. The first-order valence-electron chi connectivity index (χ1n) is 21.1. The maximum absolute atomic E-state index is 14.0. The lowest BCUT2D eigenvalue weighted by Crippen LogP contribution is -2.53. The molecule has 2 aromatic heterocycles. The van der Waals surface area contributed by atoms with Crippen LogP contribution in [-0.4, -0.2) is 106 Å². The number of alkyl carbamates (subject to hydrolysis) is 2. The van der Waals surface area contributed by atoms with Gasteiger partial charge in [0.25, 0.3) is 0 Å². The van der Waals surface area contributed by atoms with Crippen LogP contribution in [0.1, 0.15) is 87.2 Å². The van der Waals surface area contributed by atoms with E-state index in [-0.39, 0.29) is 35.7 Å². The number of likely N-dealkylation sites (tertiary alicyclic amines) is 2. The zero-order chi connectivity index (χ0) is 42.6. The van der Waals surface area contributed by atoms with Gasteiger partial charge >= 0.3 is 12.2 Å². The molecule has 0 unspecified atom stereocenters. The second kappa shape index (κ2) is 18.1. The summed E-state index contributed by atoms with van der Waals surface area (Å²) in [5, 5.41) is 5.51. The predicted molar refractivity (Wildman–Crippen MR) is 228 cm³/mol. The van der Waals surface area contributed by atoms with E-state index in [0.717, 1.165) is 75.8 Å². The molecule has 3 aromatic carbocycles. The van der Waals surface area contributed by atoms with Gasteiger partial charge in [-0.3, -0.25) is 9.59 Å². The molecule has 4 amide bonds. The Bertz CT molecular complexity index is 2480. The van der Waals surface area contributed by atoms with Gasteiger partial charge in [-0.1, -0.05) is 43.9 Å². The van der Waals surface area contributed by atoms with Crippen LogP contribution in [0.4, 0.5) is 9.59 Å². The van der Waals surface area contributed by atoms with Crippen LogP contribution in [0.15, 0.2) is 60.7 Å². The number of rotatable bonds is 9. The highest BCUT2D eigenvalue weighted by Crippen LogP contribution is 2.35. The van der Waals surface area contributed by atoms with Gasteiger partial charge in [0.2, 0.25) is 11.8 Å². The molecule has 4 atom stereocenters. The fourth-order valence-corrected chi connectivity index (χ4v) is 8.82. The number of carbonyl (C=O) groups excluding carboxylic acids is 4. The fraction of sp³-hybridized carbons (Fsp3) is 0.435. The molecule has 4 N–H and O–H groups in total. The summed E-state index contributed by atoms with van der Waals surface area (Å²) in [6.07, 6.45) is 3.36. The van der Waals surface area contributed by atoms with Crippen molar-refractivity contribution in [3.63, 3.8) is 0 Å². The number of H-pyrrole nitrogens is 2. The summed E-state index contributed by atoms with van der Waals surface area (Å²) in [7, 11) is 2.60. The minimum atomic E-state index is -0.698. The number of amides is 4. The Morgan fingerprint density at radius 1 is 0.705 bits per heavy atom. The normalized spacial score (nSPS) is 19.1. The molecule has 5 aromatic rings. The van der Waals surface area contributed by atoms with Crippen molar-refractivity contribution >= 4 is 46.1 Å². The smallest absolute Gasteiger partial charge is 0.407 e. The largest absolute Gasteiger partial charge is 0.453 e. The highest BCUT2D eigenvalue weighted by Gasteiger charge is 2.41. The maximum Gasteiger partial charge on any atom is 0.407 e. The molecule has 3 aliphatic rings. The van der Waals surface area contributed by atoms with E-state index in [9.17, 15) is 19.2 Å². The molecule has 15 nitrogen and oxygen atoms in total. The summed E-state index contributed by atoms with van der Waals surface area (Å²) < 4.78 is 15.2. The fourth-order valence-electron chi connectivity index (χ4n) is 8.82. The topological polar surface area (TPSA) is 184 Å².